The topological polar surface area (TPSA) is 81.5 Å². The zero-order valence-corrected chi connectivity index (χ0v) is 8.48. The summed E-state index contributed by atoms with van der Waals surface area (Å²) in [4.78, 5) is 4.09. The average Bonchev–Trinajstić information content (AvgIpc) is 2.72. The van der Waals surface area contributed by atoms with Crippen LogP contribution < -0.4 is 0 Å². The number of nitrogens with zero attached hydrogens (tertiary/aromatic N) is 3. The lowest BCUT2D eigenvalue weighted by atomic mass is 10.1. The van der Waals surface area contributed by atoms with Gasteiger partial charge < -0.3 is 14.6 Å². The number of pyridine rings is 1. The van der Waals surface area contributed by atoms with Crippen LogP contribution in [0.3, 0.4) is 0 Å². The Balaban J connectivity index is 2.37. The molecular weight excluding hydrogens is 206 g/mol. The molecule has 0 amide bonds. The first-order valence-corrected chi connectivity index (χ1v) is 4.89. The lowest BCUT2D eigenvalue weighted by Gasteiger charge is -2.14. The molecule has 0 saturated heterocycles. The van der Waals surface area contributed by atoms with Crippen LogP contribution in [0.1, 0.15) is 18.2 Å². The van der Waals surface area contributed by atoms with Crippen molar-refractivity contribution in [3.8, 4) is 6.07 Å². The first kappa shape index (κ1) is 10.6. The molecule has 0 aliphatic heterocycles. The third kappa shape index (κ3) is 1.76. The summed E-state index contributed by atoms with van der Waals surface area (Å²) in [6.45, 7) is 0. The quantitative estimate of drug-likeness (QED) is 0.790. The molecule has 0 radical (unpaired) electrons. The van der Waals surface area contributed by atoms with Gasteiger partial charge in [-0.05, 0) is 12.1 Å². The van der Waals surface area contributed by atoms with Crippen molar-refractivity contribution in [3.63, 3.8) is 0 Å². The monoisotopic (exact) mass is 217 g/mol. The highest BCUT2D eigenvalue weighted by Crippen LogP contribution is 2.19. The number of aliphatic hydroxyl groups excluding tert-OH is 2. The van der Waals surface area contributed by atoms with Gasteiger partial charge >= 0.3 is 0 Å². The number of aromatic nitrogens is 2. The third-order valence-corrected chi connectivity index (χ3v) is 2.41. The van der Waals surface area contributed by atoms with Gasteiger partial charge in [0.25, 0.3) is 0 Å². The summed E-state index contributed by atoms with van der Waals surface area (Å²) >= 11 is 0. The fourth-order valence-electron chi connectivity index (χ4n) is 1.57. The number of aliphatic hydroxyl groups is 2. The van der Waals surface area contributed by atoms with Crippen molar-refractivity contribution in [3.05, 3.63) is 36.3 Å². The van der Waals surface area contributed by atoms with Crippen LogP contribution in [0.25, 0.3) is 5.65 Å². The highest BCUT2D eigenvalue weighted by molar-refractivity contribution is 5.40. The number of fused-ring (bicyclic) bond motifs is 1. The van der Waals surface area contributed by atoms with E-state index < -0.39 is 12.2 Å². The molecule has 2 atom stereocenters. The molecule has 16 heavy (non-hydrogen) atoms. The maximum absolute atomic E-state index is 9.85. The van der Waals surface area contributed by atoms with Gasteiger partial charge in [0.05, 0.1) is 30.5 Å². The molecule has 0 aliphatic carbocycles. The molecule has 0 saturated carbocycles. The summed E-state index contributed by atoms with van der Waals surface area (Å²) in [6.07, 6.45) is 0.948. The van der Waals surface area contributed by atoms with Crippen molar-refractivity contribution in [1.29, 1.82) is 5.26 Å². The van der Waals surface area contributed by atoms with Crippen molar-refractivity contribution in [2.24, 2.45) is 0 Å². The second-order valence-electron chi connectivity index (χ2n) is 3.49. The number of imidazole rings is 1. The fourth-order valence-corrected chi connectivity index (χ4v) is 1.57. The van der Waals surface area contributed by atoms with Crippen molar-refractivity contribution >= 4 is 5.65 Å². The van der Waals surface area contributed by atoms with Gasteiger partial charge in [0.2, 0.25) is 0 Å². The Morgan fingerprint density at radius 3 is 3.00 bits per heavy atom. The van der Waals surface area contributed by atoms with E-state index in [1.807, 2.05) is 18.2 Å². The minimum absolute atomic E-state index is 0.110. The SMILES string of the molecule is N#CCC(O)C(O)c1cnc2ccccn12. The molecule has 82 valence electrons. The molecular formula is C11H11N3O2. The Kier molecular flexibility index (Phi) is 2.86. The van der Waals surface area contributed by atoms with Gasteiger partial charge in [-0.1, -0.05) is 6.07 Å². The molecule has 2 unspecified atom stereocenters. The first-order valence-electron chi connectivity index (χ1n) is 4.89. The summed E-state index contributed by atoms with van der Waals surface area (Å²) < 4.78 is 1.69. The fraction of sp³-hybridized carbons (Fsp3) is 0.273. The van der Waals surface area contributed by atoms with Crippen LogP contribution in [0.4, 0.5) is 0 Å². The second-order valence-corrected chi connectivity index (χ2v) is 3.49. The Hall–Kier alpha value is -1.90. The van der Waals surface area contributed by atoms with E-state index in [1.165, 1.54) is 6.20 Å². The molecule has 0 bridgehead atoms. The maximum Gasteiger partial charge on any atom is 0.136 e. The lowest BCUT2D eigenvalue weighted by molar-refractivity contribution is 0.0185. The van der Waals surface area contributed by atoms with Crippen LogP contribution in [-0.2, 0) is 0 Å². The predicted octanol–water partition coefficient (Wildman–Crippen LogP) is 0.642. The minimum Gasteiger partial charge on any atom is -0.389 e. The first-order chi connectivity index (χ1) is 7.74. The van der Waals surface area contributed by atoms with Gasteiger partial charge in [0, 0.05) is 6.20 Å². The van der Waals surface area contributed by atoms with Crippen molar-refractivity contribution in [2.45, 2.75) is 18.6 Å². The van der Waals surface area contributed by atoms with Gasteiger partial charge in [0.15, 0.2) is 0 Å². The summed E-state index contributed by atoms with van der Waals surface area (Å²) in [5.74, 6) is 0. The molecule has 2 N–H and O–H groups in total. The van der Waals surface area contributed by atoms with Crippen LogP contribution in [-0.4, -0.2) is 25.7 Å². The molecule has 5 heteroatoms. The summed E-state index contributed by atoms with van der Waals surface area (Å²) in [5.41, 5.74) is 1.18. The summed E-state index contributed by atoms with van der Waals surface area (Å²) in [7, 11) is 0. The van der Waals surface area contributed by atoms with E-state index in [0.29, 0.717) is 11.3 Å². The molecule has 0 fully saturated rings. The molecule has 0 spiro atoms. The van der Waals surface area contributed by atoms with Crippen LogP contribution >= 0.6 is 0 Å². The molecule has 2 heterocycles. The van der Waals surface area contributed by atoms with E-state index in [1.54, 1.807) is 16.7 Å². The molecule has 2 aromatic rings. The van der Waals surface area contributed by atoms with E-state index in [-0.39, 0.29) is 6.42 Å². The zero-order chi connectivity index (χ0) is 11.5. The van der Waals surface area contributed by atoms with Crippen molar-refractivity contribution in [2.75, 3.05) is 0 Å². The largest absolute Gasteiger partial charge is 0.389 e. The van der Waals surface area contributed by atoms with E-state index in [0.717, 1.165) is 0 Å². The van der Waals surface area contributed by atoms with Gasteiger partial charge in [0.1, 0.15) is 11.8 Å². The molecule has 2 aromatic heterocycles. The Morgan fingerprint density at radius 2 is 2.25 bits per heavy atom. The molecule has 2 rings (SSSR count). The third-order valence-electron chi connectivity index (χ3n) is 2.41. The summed E-state index contributed by atoms with van der Waals surface area (Å²) in [6, 6.07) is 7.26. The normalized spacial score (nSPS) is 14.6. The summed E-state index contributed by atoms with van der Waals surface area (Å²) in [5, 5.41) is 27.8. The lowest BCUT2D eigenvalue weighted by Crippen LogP contribution is -2.18. The number of hydrogen-bond donors (Lipinski definition) is 2. The number of rotatable bonds is 3. The van der Waals surface area contributed by atoms with Gasteiger partial charge in [-0.2, -0.15) is 5.26 Å². The Bertz CT molecular complexity index is 529. The molecule has 0 aliphatic rings. The predicted molar refractivity (Wildman–Crippen MR) is 56.4 cm³/mol. The van der Waals surface area contributed by atoms with Crippen molar-refractivity contribution in [1.82, 2.24) is 9.38 Å². The molecule has 0 aromatic carbocycles. The van der Waals surface area contributed by atoms with Gasteiger partial charge in [-0.15, -0.1) is 0 Å². The van der Waals surface area contributed by atoms with Crippen molar-refractivity contribution < 1.29 is 10.2 Å². The second kappa shape index (κ2) is 4.31. The number of nitriles is 1. The Labute approximate surface area is 92.2 Å². The van der Waals surface area contributed by atoms with E-state index >= 15 is 0 Å². The number of hydrogen-bond acceptors (Lipinski definition) is 4. The van der Waals surface area contributed by atoms with Crippen LogP contribution in [0, 0.1) is 11.3 Å². The highest BCUT2D eigenvalue weighted by Gasteiger charge is 2.21. The minimum atomic E-state index is -1.10. The van der Waals surface area contributed by atoms with E-state index in [2.05, 4.69) is 4.98 Å². The van der Waals surface area contributed by atoms with Crippen LogP contribution in [0.5, 0.6) is 0 Å². The molecule has 5 nitrogen and oxygen atoms in total. The standard InChI is InChI=1S/C11H11N3O2/c12-5-4-9(15)11(16)8-7-13-10-3-1-2-6-14(8)10/h1-3,6-7,9,11,15-16H,4H2. The van der Waals surface area contributed by atoms with Gasteiger partial charge in [-0.25, -0.2) is 4.98 Å². The Morgan fingerprint density at radius 1 is 1.44 bits per heavy atom. The van der Waals surface area contributed by atoms with E-state index in [9.17, 15) is 10.2 Å². The average molecular weight is 217 g/mol. The van der Waals surface area contributed by atoms with Crippen LogP contribution in [0.2, 0.25) is 0 Å². The smallest absolute Gasteiger partial charge is 0.136 e. The van der Waals surface area contributed by atoms with Gasteiger partial charge in [-0.3, -0.25) is 0 Å². The zero-order valence-electron chi connectivity index (χ0n) is 8.48. The highest BCUT2D eigenvalue weighted by atomic mass is 16.3. The van der Waals surface area contributed by atoms with Crippen LogP contribution in [0.15, 0.2) is 30.6 Å². The van der Waals surface area contributed by atoms with E-state index in [4.69, 9.17) is 5.26 Å². The maximum atomic E-state index is 9.85.